The lowest BCUT2D eigenvalue weighted by Crippen LogP contribution is -2.32. The van der Waals surface area contributed by atoms with Gasteiger partial charge >= 0.3 is 0 Å². The second-order valence-electron chi connectivity index (χ2n) is 3.99. The summed E-state index contributed by atoms with van der Waals surface area (Å²) in [4.78, 5) is 11.4. The van der Waals surface area contributed by atoms with E-state index in [1.807, 2.05) is 6.92 Å². The highest BCUT2D eigenvalue weighted by atomic mass is 35.5. The van der Waals surface area contributed by atoms with Crippen molar-refractivity contribution >= 4 is 17.5 Å². The predicted octanol–water partition coefficient (Wildman–Crippen LogP) is 2.57. The van der Waals surface area contributed by atoms with E-state index >= 15 is 0 Å². The smallest absolute Gasteiger partial charge is 0.246 e. The van der Waals surface area contributed by atoms with E-state index in [9.17, 15) is 4.79 Å². The summed E-state index contributed by atoms with van der Waals surface area (Å²) in [5.41, 5.74) is 0. The molecule has 1 unspecified atom stereocenters. The normalized spacial score (nSPS) is 12.4. The summed E-state index contributed by atoms with van der Waals surface area (Å²) in [6.45, 7) is 5.71. The Hall–Kier alpha value is -0.280. The lowest BCUT2D eigenvalue weighted by Gasteiger charge is -2.15. The van der Waals surface area contributed by atoms with Crippen LogP contribution < -0.4 is 5.32 Å². The molecule has 1 amide bonds. The Morgan fingerprint density at radius 2 is 2.06 bits per heavy atom. The van der Waals surface area contributed by atoms with Crippen LogP contribution in [0.25, 0.3) is 0 Å². The van der Waals surface area contributed by atoms with E-state index in [1.165, 1.54) is 0 Å². The molecule has 0 aliphatic heterocycles. The number of hydrogen-bond donors (Lipinski definition) is 1. The maximum absolute atomic E-state index is 11.4. The zero-order valence-electron chi connectivity index (χ0n) is 10.4. The largest absolute Gasteiger partial charge is 0.372 e. The maximum Gasteiger partial charge on any atom is 0.246 e. The Morgan fingerprint density at radius 1 is 1.31 bits per heavy atom. The zero-order valence-corrected chi connectivity index (χ0v) is 11.2. The molecule has 1 N–H and O–H groups in total. The third kappa shape index (κ3) is 8.98. The topological polar surface area (TPSA) is 38.3 Å². The van der Waals surface area contributed by atoms with E-state index in [-0.39, 0.29) is 12.5 Å². The highest BCUT2D eigenvalue weighted by Gasteiger charge is 2.09. The molecule has 0 fully saturated rings. The number of nitrogens with one attached hydrogen (secondary N) is 1. The molecule has 4 heteroatoms. The molecule has 0 heterocycles. The fraction of sp³-hybridized carbons (Fsp3) is 0.917. The number of carbonyl (C=O) groups excluding carboxylic acids is 1. The van der Waals surface area contributed by atoms with Crippen molar-refractivity contribution in [1.82, 2.24) is 5.32 Å². The van der Waals surface area contributed by atoms with Crippen LogP contribution in [0.4, 0.5) is 0 Å². The van der Waals surface area contributed by atoms with Crippen molar-refractivity contribution in [3.63, 3.8) is 0 Å². The second-order valence-corrected chi connectivity index (χ2v) is 4.37. The fourth-order valence-electron chi connectivity index (χ4n) is 1.53. The minimum absolute atomic E-state index is 0.0240. The zero-order chi connectivity index (χ0) is 12.2. The lowest BCUT2D eigenvalue weighted by atomic mass is 10.0. The molecule has 0 radical (unpaired) electrons. The van der Waals surface area contributed by atoms with Crippen LogP contribution in [0, 0.1) is 5.92 Å². The highest BCUT2D eigenvalue weighted by molar-refractivity contribution is 6.17. The molecule has 0 aromatic carbocycles. The molecule has 0 bridgehead atoms. The van der Waals surface area contributed by atoms with Crippen molar-refractivity contribution in [3.8, 4) is 0 Å². The first-order chi connectivity index (χ1) is 7.74. The number of ether oxygens (including phenoxy) is 1. The standard InChI is InChI=1S/C12H24ClNO2/c1-3-5-11(6-7-13)9-14-12(15)10-16-8-4-2/h11H,3-10H2,1-2H3,(H,14,15). The molecule has 0 aliphatic rings. The van der Waals surface area contributed by atoms with Crippen LogP contribution in [0.2, 0.25) is 0 Å². The molecule has 1 atom stereocenters. The number of halogens is 1. The number of rotatable bonds is 10. The monoisotopic (exact) mass is 249 g/mol. The number of hydrogen-bond acceptors (Lipinski definition) is 2. The Balaban J connectivity index is 3.60. The summed E-state index contributed by atoms with van der Waals surface area (Å²) in [6, 6.07) is 0. The van der Waals surface area contributed by atoms with Gasteiger partial charge in [0, 0.05) is 19.0 Å². The van der Waals surface area contributed by atoms with Crippen LogP contribution in [0.1, 0.15) is 39.5 Å². The van der Waals surface area contributed by atoms with Crippen molar-refractivity contribution in [2.45, 2.75) is 39.5 Å². The summed E-state index contributed by atoms with van der Waals surface area (Å²) < 4.78 is 5.16. The van der Waals surface area contributed by atoms with Crippen molar-refractivity contribution in [2.24, 2.45) is 5.92 Å². The van der Waals surface area contributed by atoms with Gasteiger partial charge in [0.1, 0.15) is 6.61 Å². The Bertz CT molecular complexity index is 170. The van der Waals surface area contributed by atoms with Crippen molar-refractivity contribution < 1.29 is 9.53 Å². The first-order valence-electron chi connectivity index (χ1n) is 6.14. The van der Waals surface area contributed by atoms with Crippen LogP contribution in [0.3, 0.4) is 0 Å². The first-order valence-corrected chi connectivity index (χ1v) is 6.68. The van der Waals surface area contributed by atoms with E-state index in [0.717, 1.165) is 32.2 Å². The Labute approximate surface area is 104 Å². The van der Waals surface area contributed by atoms with Crippen LogP contribution >= 0.6 is 11.6 Å². The molecule has 0 aromatic heterocycles. The van der Waals surface area contributed by atoms with E-state index < -0.39 is 0 Å². The third-order valence-electron chi connectivity index (χ3n) is 2.38. The molecule has 16 heavy (non-hydrogen) atoms. The van der Waals surface area contributed by atoms with Crippen LogP contribution in [-0.2, 0) is 9.53 Å². The van der Waals surface area contributed by atoms with Gasteiger partial charge in [0.2, 0.25) is 5.91 Å². The summed E-state index contributed by atoms with van der Waals surface area (Å²) in [7, 11) is 0. The van der Waals surface area contributed by atoms with Crippen molar-refractivity contribution in [1.29, 1.82) is 0 Å². The number of amides is 1. The number of carbonyl (C=O) groups is 1. The SMILES string of the molecule is CCCOCC(=O)NCC(CCC)CCCl. The predicted molar refractivity (Wildman–Crippen MR) is 67.9 cm³/mol. The maximum atomic E-state index is 11.4. The van der Waals surface area contributed by atoms with Gasteiger partial charge in [-0.1, -0.05) is 20.3 Å². The van der Waals surface area contributed by atoms with E-state index in [2.05, 4.69) is 12.2 Å². The average molecular weight is 250 g/mol. The minimum Gasteiger partial charge on any atom is -0.372 e. The quantitative estimate of drug-likeness (QED) is 0.477. The van der Waals surface area contributed by atoms with Gasteiger partial charge in [0.25, 0.3) is 0 Å². The molecule has 0 aromatic rings. The van der Waals surface area contributed by atoms with Crippen molar-refractivity contribution in [2.75, 3.05) is 25.6 Å². The van der Waals surface area contributed by atoms with Gasteiger partial charge in [-0.3, -0.25) is 4.79 Å². The van der Waals surface area contributed by atoms with Gasteiger partial charge in [0.15, 0.2) is 0 Å². The Kier molecular flexibility index (Phi) is 11.0. The fourth-order valence-corrected chi connectivity index (χ4v) is 1.84. The molecular formula is C12H24ClNO2. The molecule has 0 aliphatic carbocycles. The van der Waals surface area contributed by atoms with Gasteiger partial charge in [0.05, 0.1) is 0 Å². The summed E-state index contributed by atoms with van der Waals surface area (Å²) >= 11 is 5.71. The first kappa shape index (κ1) is 15.7. The van der Waals surface area contributed by atoms with Crippen LogP contribution in [-0.4, -0.2) is 31.5 Å². The highest BCUT2D eigenvalue weighted by Crippen LogP contribution is 2.10. The second kappa shape index (κ2) is 11.2. The minimum atomic E-state index is -0.0240. The lowest BCUT2D eigenvalue weighted by molar-refractivity contribution is -0.125. The summed E-state index contributed by atoms with van der Waals surface area (Å²) in [5, 5.41) is 2.89. The van der Waals surface area contributed by atoms with E-state index in [1.54, 1.807) is 0 Å². The summed E-state index contributed by atoms with van der Waals surface area (Å²) in [6.07, 6.45) is 4.15. The Morgan fingerprint density at radius 3 is 2.62 bits per heavy atom. The average Bonchev–Trinajstić information content (AvgIpc) is 2.27. The number of alkyl halides is 1. The van der Waals surface area contributed by atoms with Crippen LogP contribution in [0.5, 0.6) is 0 Å². The van der Waals surface area contributed by atoms with E-state index in [0.29, 0.717) is 18.4 Å². The third-order valence-corrected chi connectivity index (χ3v) is 2.60. The van der Waals surface area contributed by atoms with Gasteiger partial charge in [-0.2, -0.15) is 0 Å². The van der Waals surface area contributed by atoms with Crippen LogP contribution in [0.15, 0.2) is 0 Å². The molecule has 0 spiro atoms. The van der Waals surface area contributed by atoms with Gasteiger partial charge in [-0.25, -0.2) is 0 Å². The van der Waals surface area contributed by atoms with E-state index in [4.69, 9.17) is 16.3 Å². The van der Waals surface area contributed by atoms with Gasteiger partial charge in [-0.15, -0.1) is 11.6 Å². The molecule has 0 rings (SSSR count). The molecule has 0 saturated carbocycles. The van der Waals surface area contributed by atoms with Crippen molar-refractivity contribution in [3.05, 3.63) is 0 Å². The molecular weight excluding hydrogens is 226 g/mol. The molecule has 3 nitrogen and oxygen atoms in total. The molecule has 0 saturated heterocycles. The van der Waals surface area contributed by atoms with Gasteiger partial charge < -0.3 is 10.1 Å². The summed E-state index contributed by atoms with van der Waals surface area (Å²) in [5.74, 6) is 1.13. The van der Waals surface area contributed by atoms with Gasteiger partial charge in [-0.05, 0) is 25.2 Å². The molecule has 96 valence electrons.